The molecule has 0 aliphatic heterocycles. The summed E-state index contributed by atoms with van der Waals surface area (Å²) in [4.78, 5) is 38.0. The summed E-state index contributed by atoms with van der Waals surface area (Å²) in [6, 6.07) is 0. The number of ether oxygens (including phenoxy) is 3. The number of esters is 3. The fraction of sp³-hybridized carbons (Fsp3) is 0.948. The molecule has 0 aliphatic rings. The van der Waals surface area contributed by atoms with Gasteiger partial charge in [-0.1, -0.05) is 279 Å². The lowest BCUT2D eigenvalue weighted by Crippen LogP contribution is -2.30. The minimum Gasteiger partial charge on any atom is -0.462 e. The molecule has 0 rings (SSSR count). The Balaban J connectivity index is 4.22. The van der Waals surface area contributed by atoms with Gasteiger partial charge in [0.15, 0.2) is 6.10 Å². The first kappa shape index (κ1) is 62.4. The minimum atomic E-state index is -0.764. The van der Waals surface area contributed by atoms with Gasteiger partial charge in [0.05, 0.1) is 0 Å². The number of carbonyl (C=O) groups is 3. The van der Waals surface area contributed by atoms with Gasteiger partial charge in [0.2, 0.25) is 0 Å². The lowest BCUT2D eigenvalue weighted by molar-refractivity contribution is -0.167. The van der Waals surface area contributed by atoms with Crippen molar-refractivity contribution in [2.24, 2.45) is 17.8 Å². The Morgan fingerprint density at radius 2 is 0.547 bits per heavy atom. The van der Waals surface area contributed by atoms with E-state index in [1.54, 1.807) is 0 Å². The van der Waals surface area contributed by atoms with E-state index in [0.29, 0.717) is 19.3 Å². The predicted molar refractivity (Wildman–Crippen MR) is 275 cm³/mol. The Morgan fingerprint density at radius 3 is 0.812 bits per heavy atom. The third-order valence-corrected chi connectivity index (χ3v) is 13.9. The van der Waals surface area contributed by atoms with E-state index in [9.17, 15) is 14.4 Å². The van der Waals surface area contributed by atoms with Crippen LogP contribution in [0.3, 0.4) is 0 Å². The molecular formula is C58H112O6. The van der Waals surface area contributed by atoms with Crippen LogP contribution in [0.5, 0.6) is 0 Å². The van der Waals surface area contributed by atoms with Gasteiger partial charge in [-0.05, 0) is 37.0 Å². The number of hydrogen-bond donors (Lipinski definition) is 0. The first-order valence-corrected chi connectivity index (χ1v) is 28.7. The van der Waals surface area contributed by atoms with Crippen LogP contribution in [0.4, 0.5) is 0 Å². The van der Waals surface area contributed by atoms with Crippen LogP contribution in [-0.4, -0.2) is 37.2 Å². The summed E-state index contributed by atoms with van der Waals surface area (Å²) in [6.07, 6.45) is 51.0. The molecule has 0 radical (unpaired) electrons. The van der Waals surface area contributed by atoms with Gasteiger partial charge in [-0.15, -0.1) is 0 Å². The molecule has 0 aromatic heterocycles. The molecule has 0 bridgehead atoms. The van der Waals surface area contributed by atoms with Crippen molar-refractivity contribution in [2.75, 3.05) is 13.2 Å². The zero-order chi connectivity index (χ0) is 47.0. The maximum atomic E-state index is 12.8. The van der Waals surface area contributed by atoms with Crippen LogP contribution >= 0.6 is 0 Å². The average molecular weight is 906 g/mol. The number of carbonyl (C=O) groups excluding carboxylic acids is 3. The highest BCUT2D eigenvalue weighted by Gasteiger charge is 2.19. The van der Waals surface area contributed by atoms with E-state index < -0.39 is 6.10 Å². The summed E-state index contributed by atoms with van der Waals surface area (Å²) in [7, 11) is 0. The van der Waals surface area contributed by atoms with E-state index in [1.807, 2.05) is 0 Å². The van der Waals surface area contributed by atoms with Crippen LogP contribution in [0.25, 0.3) is 0 Å². The van der Waals surface area contributed by atoms with Gasteiger partial charge >= 0.3 is 17.9 Å². The molecule has 0 aromatic rings. The van der Waals surface area contributed by atoms with Crippen molar-refractivity contribution in [3.63, 3.8) is 0 Å². The van der Waals surface area contributed by atoms with E-state index >= 15 is 0 Å². The smallest absolute Gasteiger partial charge is 0.306 e. The summed E-state index contributed by atoms with van der Waals surface area (Å²) in [5.41, 5.74) is 0. The molecular weight excluding hydrogens is 793 g/mol. The van der Waals surface area contributed by atoms with Crippen molar-refractivity contribution in [1.29, 1.82) is 0 Å². The average Bonchev–Trinajstić information content (AvgIpc) is 3.28. The summed E-state index contributed by atoms with van der Waals surface area (Å²) >= 11 is 0. The first-order valence-electron chi connectivity index (χ1n) is 28.7. The van der Waals surface area contributed by atoms with Crippen LogP contribution in [0.1, 0.15) is 318 Å². The molecule has 0 saturated carbocycles. The molecule has 0 spiro atoms. The zero-order valence-corrected chi connectivity index (χ0v) is 44.1. The van der Waals surface area contributed by atoms with Crippen molar-refractivity contribution in [3.05, 3.63) is 0 Å². The summed E-state index contributed by atoms with van der Waals surface area (Å²) in [5.74, 6) is 1.71. The van der Waals surface area contributed by atoms with E-state index in [2.05, 4.69) is 41.5 Å². The van der Waals surface area contributed by atoms with E-state index in [-0.39, 0.29) is 31.1 Å². The van der Waals surface area contributed by atoms with Gasteiger partial charge in [-0.25, -0.2) is 0 Å². The number of rotatable bonds is 51. The number of hydrogen-bond acceptors (Lipinski definition) is 6. The largest absolute Gasteiger partial charge is 0.462 e. The van der Waals surface area contributed by atoms with Crippen LogP contribution in [0, 0.1) is 17.8 Å². The summed E-state index contributed by atoms with van der Waals surface area (Å²) < 4.78 is 16.8. The van der Waals surface area contributed by atoms with Crippen LogP contribution in [0.15, 0.2) is 0 Å². The molecule has 0 aromatic carbocycles. The maximum absolute atomic E-state index is 12.8. The Labute approximate surface area is 399 Å². The lowest BCUT2D eigenvalue weighted by Gasteiger charge is -2.18. The normalized spacial score (nSPS) is 13.0. The van der Waals surface area contributed by atoms with Gasteiger partial charge in [0.25, 0.3) is 0 Å². The molecule has 0 fully saturated rings. The van der Waals surface area contributed by atoms with Crippen molar-refractivity contribution < 1.29 is 28.6 Å². The standard InChI is InChI=1S/C58H112O6/c1-7-53(5)45-39-33-27-21-17-15-13-11-9-10-12-14-16-18-24-30-37-43-49-58(61)64-55(51-63-57(60)48-42-36-31-25-26-32-38-44-52(3)4)50-62-56(59)47-41-35-29-23-20-19-22-28-34-40-46-54(6)8-2/h52-55H,7-51H2,1-6H3/t53?,54?,55-/m1/s1. The van der Waals surface area contributed by atoms with Gasteiger partial charge in [0.1, 0.15) is 13.2 Å². The fourth-order valence-corrected chi connectivity index (χ4v) is 8.76. The van der Waals surface area contributed by atoms with Crippen molar-refractivity contribution >= 4 is 17.9 Å². The minimum absolute atomic E-state index is 0.0646. The van der Waals surface area contributed by atoms with Gasteiger partial charge in [-0.2, -0.15) is 0 Å². The third-order valence-electron chi connectivity index (χ3n) is 13.9. The quantitative estimate of drug-likeness (QED) is 0.0344. The highest BCUT2D eigenvalue weighted by Crippen LogP contribution is 2.19. The molecule has 0 amide bonds. The fourth-order valence-electron chi connectivity index (χ4n) is 8.76. The Morgan fingerprint density at radius 1 is 0.312 bits per heavy atom. The second-order valence-electron chi connectivity index (χ2n) is 20.9. The second kappa shape index (κ2) is 49.3. The molecule has 64 heavy (non-hydrogen) atoms. The molecule has 0 heterocycles. The highest BCUT2D eigenvalue weighted by atomic mass is 16.6. The molecule has 0 saturated heterocycles. The van der Waals surface area contributed by atoms with Crippen molar-refractivity contribution in [3.8, 4) is 0 Å². The molecule has 6 nitrogen and oxygen atoms in total. The van der Waals surface area contributed by atoms with Gasteiger partial charge in [-0.3, -0.25) is 14.4 Å². The Bertz CT molecular complexity index is 995. The van der Waals surface area contributed by atoms with Crippen LogP contribution < -0.4 is 0 Å². The van der Waals surface area contributed by atoms with Crippen molar-refractivity contribution in [2.45, 2.75) is 324 Å². The summed E-state index contributed by atoms with van der Waals surface area (Å²) in [6.45, 7) is 13.8. The third kappa shape index (κ3) is 48.3. The molecule has 380 valence electrons. The van der Waals surface area contributed by atoms with Gasteiger partial charge in [0, 0.05) is 19.3 Å². The molecule has 3 atom stereocenters. The SMILES string of the molecule is CCC(C)CCCCCCCCCCCCCCCCCCCCC(=O)O[C@H](COC(=O)CCCCCCCCCCCCC(C)CC)COC(=O)CCCCCCCCCC(C)C. The molecule has 0 aliphatic carbocycles. The first-order chi connectivity index (χ1) is 31.2. The topological polar surface area (TPSA) is 78.9 Å². The van der Waals surface area contributed by atoms with E-state index in [4.69, 9.17) is 14.2 Å². The predicted octanol–water partition coefficient (Wildman–Crippen LogP) is 18.7. The zero-order valence-electron chi connectivity index (χ0n) is 44.1. The van der Waals surface area contributed by atoms with Gasteiger partial charge < -0.3 is 14.2 Å². The second-order valence-corrected chi connectivity index (χ2v) is 20.9. The Hall–Kier alpha value is -1.59. The van der Waals surface area contributed by atoms with Crippen LogP contribution in [0.2, 0.25) is 0 Å². The van der Waals surface area contributed by atoms with Crippen molar-refractivity contribution in [1.82, 2.24) is 0 Å². The summed E-state index contributed by atoms with van der Waals surface area (Å²) in [5, 5.41) is 0. The highest BCUT2D eigenvalue weighted by molar-refractivity contribution is 5.71. The van der Waals surface area contributed by atoms with E-state index in [0.717, 1.165) is 75.5 Å². The van der Waals surface area contributed by atoms with E-state index in [1.165, 1.54) is 199 Å². The monoisotopic (exact) mass is 905 g/mol. The lowest BCUT2D eigenvalue weighted by atomic mass is 9.99. The Kier molecular flexibility index (Phi) is 48.1. The number of unbranched alkanes of at least 4 members (excludes halogenated alkanes) is 32. The molecule has 6 heteroatoms. The molecule has 2 unspecified atom stereocenters. The molecule has 0 N–H and O–H groups in total. The van der Waals surface area contributed by atoms with Crippen LogP contribution in [-0.2, 0) is 28.6 Å². The maximum Gasteiger partial charge on any atom is 0.306 e.